The number of phenolic OH excluding ortho intramolecular Hbond substituents is 1. The summed E-state index contributed by atoms with van der Waals surface area (Å²) in [5.74, 6) is -1.07. The summed E-state index contributed by atoms with van der Waals surface area (Å²) in [6.45, 7) is 11.8. The second-order valence-corrected chi connectivity index (χ2v) is 12.0. The predicted molar refractivity (Wildman–Crippen MR) is 161 cm³/mol. The van der Waals surface area contributed by atoms with Gasteiger partial charge in [0.2, 0.25) is 5.88 Å². The molecule has 4 aromatic rings. The lowest BCUT2D eigenvalue weighted by molar-refractivity contribution is 0.112. The molecule has 1 aliphatic rings. The Morgan fingerprint density at radius 1 is 1.17 bits per heavy atom. The van der Waals surface area contributed by atoms with Crippen molar-refractivity contribution in [3.63, 3.8) is 0 Å². The van der Waals surface area contributed by atoms with Crippen molar-refractivity contribution in [3.05, 3.63) is 79.8 Å². The molecule has 3 heterocycles. The summed E-state index contributed by atoms with van der Waals surface area (Å²) in [6, 6.07) is 9.24. The third-order valence-corrected chi connectivity index (χ3v) is 8.17. The predicted octanol–water partition coefficient (Wildman–Crippen LogP) is 7.58. The Bertz CT molecular complexity index is 1720. The van der Waals surface area contributed by atoms with Crippen LogP contribution in [0.2, 0.25) is 5.15 Å². The first-order valence-corrected chi connectivity index (χ1v) is 14.0. The van der Waals surface area contributed by atoms with Crippen molar-refractivity contribution in [2.24, 2.45) is 5.41 Å². The van der Waals surface area contributed by atoms with Crippen molar-refractivity contribution < 1.29 is 18.7 Å². The van der Waals surface area contributed by atoms with E-state index in [1.165, 1.54) is 6.07 Å². The van der Waals surface area contributed by atoms with Crippen LogP contribution < -0.4 is 15.6 Å². The lowest BCUT2D eigenvalue weighted by Crippen LogP contribution is -2.38. The maximum absolute atomic E-state index is 14.5. The maximum Gasteiger partial charge on any atom is 0.202 e. The fourth-order valence-corrected chi connectivity index (χ4v) is 5.57. The number of phenols is 1. The molecule has 0 saturated carbocycles. The normalized spacial score (nSPS) is 15.6. The van der Waals surface area contributed by atoms with Gasteiger partial charge in [0.05, 0.1) is 33.9 Å². The molecule has 2 aromatic heterocycles. The largest absolute Gasteiger partial charge is 0.504 e. The lowest BCUT2D eigenvalue weighted by atomic mass is 9.82. The topological polar surface area (TPSA) is 95.7 Å². The van der Waals surface area contributed by atoms with E-state index in [0.29, 0.717) is 40.1 Å². The molecular weight excluding hydrogens is 545 g/mol. The summed E-state index contributed by atoms with van der Waals surface area (Å²) in [5.41, 5.74) is 3.88. The van der Waals surface area contributed by atoms with Crippen molar-refractivity contribution in [1.29, 1.82) is 0 Å². The average Bonchev–Trinajstić information content (AvgIpc) is 2.93. The number of benzene rings is 2. The van der Waals surface area contributed by atoms with Gasteiger partial charge in [0, 0.05) is 24.2 Å². The van der Waals surface area contributed by atoms with Gasteiger partial charge in [-0.3, -0.25) is 9.59 Å². The number of rotatable bonds is 6. The second-order valence-electron chi connectivity index (χ2n) is 11.7. The first-order chi connectivity index (χ1) is 19.4. The molecule has 9 heteroatoms. The molecule has 1 fully saturated rings. The van der Waals surface area contributed by atoms with Crippen LogP contribution in [0.15, 0.2) is 45.6 Å². The highest BCUT2D eigenvalue weighted by molar-refractivity contribution is 6.29. The van der Waals surface area contributed by atoms with E-state index in [1.807, 2.05) is 32.9 Å². The summed E-state index contributed by atoms with van der Waals surface area (Å²) in [7, 11) is 0. The number of hydrogen-bond acceptors (Lipinski definition) is 7. The summed E-state index contributed by atoms with van der Waals surface area (Å²) >= 11 is 6.20. The van der Waals surface area contributed by atoms with Gasteiger partial charge in [0.15, 0.2) is 23.3 Å². The number of nitrogens with one attached hydrogen (secondary N) is 1. The molecule has 41 heavy (non-hydrogen) atoms. The molecule has 5 rings (SSSR count). The van der Waals surface area contributed by atoms with Crippen molar-refractivity contribution in [3.8, 4) is 17.0 Å². The summed E-state index contributed by atoms with van der Waals surface area (Å²) in [4.78, 5) is 31.6. The van der Waals surface area contributed by atoms with Crippen LogP contribution in [0.4, 0.5) is 16.0 Å². The van der Waals surface area contributed by atoms with E-state index in [0.717, 1.165) is 43.1 Å². The van der Waals surface area contributed by atoms with Gasteiger partial charge in [-0.2, -0.15) is 0 Å². The molecule has 214 valence electrons. The van der Waals surface area contributed by atoms with Crippen LogP contribution in [0, 0.1) is 25.1 Å². The highest BCUT2D eigenvalue weighted by Crippen LogP contribution is 2.38. The fraction of sp³-hybridized carbons (Fsp3) is 0.344. The van der Waals surface area contributed by atoms with Crippen LogP contribution in [0.3, 0.4) is 0 Å². The molecule has 1 atom stereocenters. The van der Waals surface area contributed by atoms with Crippen LogP contribution in [0.25, 0.3) is 22.2 Å². The lowest BCUT2D eigenvalue weighted by Gasteiger charge is -2.37. The standard InChI is InChI=1S/C32H33ClFN3O4/c1-17-12-22(30-23(13-17)28(39)18(2)31(41-30)37-10-8-32(4,5)9-11-37)19(3)35-25-6-7-26(33)36-27(25)20-14-21(16-38)29(40)24(34)15-20/h6-7,12-16,19,35,40H,8-11H2,1-5H3/t19-/m1/s1. The van der Waals surface area contributed by atoms with Crippen molar-refractivity contribution >= 4 is 40.4 Å². The van der Waals surface area contributed by atoms with E-state index >= 15 is 0 Å². The number of aromatic nitrogens is 1. The molecule has 1 saturated heterocycles. The first-order valence-electron chi connectivity index (χ1n) is 13.6. The molecule has 0 bridgehead atoms. The molecule has 2 aromatic carbocycles. The number of nitrogens with zero attached hydrogens (tertiary/aromatic N) is 2. The van der Waals surface area contributed by atoms with Crippen LogP contribution in [0.1, 0.15) is 66.7 Å². The van der Waals surface area contributed by atoms with Gasteiger partial charge in [-0.05, 0) is 74.9 Å². The van der Waals surface area contributed by atoms with Crippen LogP contribution in [0.5, 0.6) is 5.75 Å². The zero-order chi connectivity index (χ0) is 29.6. The average molecular weight is 578 g/mol. The minimum Gasteiger partial charge on any atom is -0.504 e. The van der Waals surface area contributed by atoms with Crippen LogP contribution in [-0.4, -0.2) is 29.5 Å². The fourth-order valence-electron chi connectivity index (χ4n) is 5.42. The zero-order valence-electron chi connectivity index (χ0n) is 23.8. The Kier molecular flexibility index (Phi) is 7.55. The third kappa shape index (κ3) is 5.53. The minimum absolute atomic E-state index is 0.0574. The highest BCUT2D eigenvalue weighted by Gasteiger charge is 2.29. The number of aryl methyl sites for hydroxylation is 1. The number of aldehydes is 1. The molecule has 7 nitrogen and oxygen atoms in total. The van der Waals surface area contributed by atoms with E-state index in [4.69, 9.17) is 16.0 Å². The van der Waals surface area contributed by atoms with E-state index in [-0.39, 0.29) is 33.2 Å². The van der Waals surface area contributed by atoms with Gasteiger partial charge in [0.1, 0.15) is 10.7 Å². The van der Waals surface area contributed by atoms with Gasteiger partial charge >= 0.3 is 0 Å². The van der Waals surface area contributed by atoms with Gasteiger partial charge in [-0.25, -0.2) is 9.37 Å². The second kappa shape index (κ2) is 10.8. The summed E-state index contributed by atoms with van der Waals surface area (Å²) < 4.78 is 21.0. The van der Waals surface area contributed by atoms with Gasteiger partial charge in [-0.15, -0.1) is 0 Å². The summed E-state index contributed by atoms with van der Waals surface area (Å²) in [6.07, 6.45) is 2.39. The van der Waals surface area contributed by atoms with Gasteiger partial charge in [-0.1, -0.05) is 31.5 Å². The van der Waals surface area contributed by atoms with E-state index < -0.39 is 11.6 Å². The molecular formula is C32H33ClFN3O4. The van der Waals surface area contributed by atoms with Crippen molar-refractivity contribution in [2.75, 3.05) is 23.3 Å². The molecule has 0 amide bonds. The van der Waals surface area contributed by atoms with Crippen molar-refractivity contribution in [1.82, 2.24) is 4.98 Å². The molecule has 0 unspecified atom stereocenters. The van der Waals surface area contributed by atoms with Gasteiger partial charge in [0.25, 0.3) is 0 Å². The molecule has 1 aliphatic heterocycles. The first kappa shape index (κ1) is 28.6. The Morgan fingerprint density at radius 3 is 2.56 bits per heavy atom. The number of pyridine rings is 1. The van der Waals surface area contributed by atoms with E-state index in [2.05, 4.69) is 29.0 Å². The van der Waals surface area contributed by atoms with Gasteiger partial charge < -0.3 is 19.7 Å². The maximum atomic E-state index is 14.5. The van der Waals surface area contributed by atoms with Crippen LogP contribution >= 0.6 is 11.6 Å². The number of hydrogen-bond donors (Lipinski definition) is 2. The van der Waals surface area contributed by atoms with E-state index in [1.54, 1.807) is 12.1 Å². The SMILES string of the molecule is Cc1cc([C@@H](C)Nc2ccc(Cl)nc2-c2cc(F)c(O)c(C=O)c2)c2oc(N3CCC(C)(C)CC3)c(C)c(=O)c2c1. The smallest absolute Gasteiger partial charge is 0.202 e. The zero-order valence-corrected chi connectivity index (χ0v) is 24.5. The van der Waals surface area contributed by atoms with Crippen LogP contribution in [-0.2, 0) is 0 Å². The number of piperidine rings is 1. The number of anilines is 2. The number of carbonyl (C=O) groups is 1. The molecule has 0 radical (unpaired) electrons. The number of halogens is 2. The minimum atomic E-state index is -0.944. The molecule has 0 spiro atoms. The number of aromatic hydroxyl groups is 1. The summed E-state index contributed by atoms with van der Waals surface area (Å²) in [5, 5.41) is 14.0. The number of fused-ring (bicyclic) bond motifs is 1. The number of carbonyl (C=O) groups excluding carboxylic acids is 1. The highest BCUT2D eigenvalue weighted by atomic mass is 35.5. The Hall–Kier alpha value is -3.91. The molecule has 0 aliphatic carbocycles. The van der Waals surface area contributed by atoms with Crippen molar-refractivity contribution in [2.45, 2.75) is 53.5 Å². The Labute approximate surface area is 243 Å². The molecule has 2 N–H and O–H groups in total. The van der Waals surface area contributed by atoms with E-state index in [9.17, 15) is 19.1 Å². The third-order valence-electron chi connectivity index (χ3n) is 7.96. The monoisotopic (exact) mass is 577 g/mol. The quantitative estimate of drug-likeness (QED) is 0.180. The Morgan fingerprint density at radius 2 is 1.88 bits per heavy atom. The Balaban J connectivity index is 1.59.